The second-order valence-corrected chi connectivity index (χ2v) is 8.71. The van der Waals surface area contributed by atoms with Gasteiger partial charge in [-0.1, -0.05) is 6.42 Å². The Morgan fingerprint density at radius 2 is 1.96 bits per heavy atom. The lowest BCUT2D eigenvalue weighted by molar-refractivity contribution is 0.139. The summed E-state index contributed by atoms with van der Waals surface area (Å²) in [7, 11) is 1.93. The van der Waals surface area contributed by atoms with Gasteiger partial charge in [0.05, 0.1) is 6.61 Å². The van der Waals surface area contributed by atoms with Gasteiger partial charge in [0, 0.05) is 52.9 Å². The third-order valence-corrected chi connectivity index (χ3v) is 7.11. The lowest BCUT2D eigenvalue weighted by atomic mass is 9.86. The van der Waals surface area contributed by atoms with E-state index in [1.807, 2.05) is 7.05 Å². The van der Waals surface area contributed by atoms with Crippen LogP contribution in [0.4, 0.5) is 0 Å². The second-order valence-electron chi connectivity index (χ2n) is 8.71. The minimum Gasteiger partial charge on any atom is -0.381 e. The van der Waals surface area contributed by atoms with Crippen molar-refractivity contribution < 1.29 is 4.74 Å². The van der Waals surface area contributed by atoms with Gasteiger partial charge in [0.25, 0.3) is 0 Å². The fourth-order valence-corrected chi connectivity index (χ4v) is 5.67. The first-order valence-electron chi connectivity index (χ1n) is 10.6. The number of ether oxygens (including phenoxy) is 1. The first kappa shape index (κ1) is 20.6. The molecule has 4 atom stereocenters. The molecular weight excluding hydrogens is 439 g/mol. The van der Waals surface area contributed by atoms with Crippen LogP contribution in [0.15, 0.2) is 4.99 Å². The molecule has 6 heteroatoms. The van der Waals surface area contributed by atoms with E-state index in [9.17, 15) is 0 Å². The number of rotatable bonds is 5. The molecular formula is C20H37IN4O. The van der Waals surface area contributed by atoms with Crippen LogP contribution in [-0.4, -0.2) is 75.3 Å². The summed E-state index contributed by atoms with van der Waals surface area (Å²) in [5.74, 6) is 4.96. The molecule has 2 aliphatic carbocycles. The molecule has 1 N–H and O–H groups in total. The van der Waals surface area contributed by atoms with Gasteiger partial charge in [0.15, 0.2) is 5.96 Å². The normalized spacial score (nSPS) is 35.0. The van der Waals surface area contributed by atoms with E-state index in [-0.39, 0.29) is 24.0 Å². The van der Waals surface area contributed by atoms with E-state index in [4.69, 9.17) is 4.74 Å². The molecule has 4 unspecified atom stereocenters. The van der Waals surface area contributed by atoms with Crippen molar-refractivity contribution in [2.75, 3.05) is 59.5 Å². The highest BCUT2D eigenvalue weighted by molar-refractivity contribution is 14.0. The van der Waals surface area contributed by atoms with E-state index in [1.165, 1.54) is 45.1 Å². The first-order valence-corrected chi connectivity index (χ1v) is 10.6. The number of hydrogen-bond donors (Lipinski definition) is 1. The van der Waals surface area contributed by atoms with Crippen molar-refractivity contribution in [2.45, 2.75) is 38.5 Å². The molecule has 150 valence electrons. The topological polar surface area (TPSA) is 40.1 Å². The van der Waals surface area contributed by atoms with Crippen molar-refractivity contribution in [3.05, 3.63) is 0 Å². The zero-order chi connectivity index (χ0) is 17.1. The maximum absolute atomic E-state index is 5.51. The second kappa shape index (κ2) is 9.92. The largest absolute Gasteiger partial charge is 0.381 e. The number of hydrogen-bond acceptors (Lipinski definition) is 3. The van der Waals surface area contributed by atoms with Crippen LogP contribution >= 0.6 is 24.0 Å². The maximum Gasteiger partial charge on any atom is 0.193 e. The summed E-state index contributed by atoms with van der Waals surface area (Å²) in [5.41, 5.74) is 0. The average molecular weight is 476 g/mol. The van der Waals surface area contributed by atoms with Crippen molar-refractivity contribution in [3.8, 4) is 0 Å². The molecule has 5 nitrogen and oxygen atoms in total. The number of piperazine rings is 1. The van der Waals surface area contributed by atoms with Crippen LogP contribution in [0.3, 0.4) is 0 Å². The maximum atomic E-state index is 5.51. The van der Waals surface area contributed by atoms with Gasteiger partial charge in [-0.2, -0.15) is 0 Å². The molecule has 0 spiro atoms. The van der Waals surface area contributed by atoms with Gasteiger partial charge in [-0.3, -0.25) is 9.89 Å². The molecule has 0 radical (unpaired) electrons. The third kappa shape index (κ3) is 5.04. The van der Waals surface area contributed by atoms with Gasteiger partial charge in [-0.25, -0.2) is 0 Å². The van der Waals surface area contributed by atoms with Crippen molar-refractivity contribution in [3.63, 3.8) is 0 Å². The molecule has 4 aliphatic rings. The Labute approximate surface area is 176 Å². The quantitative estimate of drug-likeness (QED) is 0.377. The van der Waals surface area contributed by atoms with Crippen LogP contribution in [0.2, 0.25) is 0 Å². The standard InChI is InChI=1S/C20H36N4O.HI/c1-21-20(22-6-4-19-13-16-2-3-18(19)12-16)24-9-7-23(8-10-24)14-17-5-11-25-15-17;/h16-19H,2-15H2,1H3,(H,21,22);1H. The van der Waals surface area contributed by atoms with Crippen molar-refractivity contribution in [1.29, 1.82) is 0 Å². The molecule has 26 heavy (non-hydrogen) atoms. The Balaban J connectivity index is 0.00000196. The minimum atomic E-state index is 0. The number of halogens is 1. The summed E-state index contributed by atoms with van der Waals surface area (Å²) in [6.45, 7) is 8.75. The first-order chi connectivity index (χ1) is 12.3. The van der Waals surface area contributed by atoms with E-state index < -0.39 is 0 Å². The van der Waals surface area contributed by atoms with E-state index in [2.05, 4.69) is 20.1 Å². The van der Waals surface area contributed by atoms with Crippen molar-refractivity contribution in [1.82, 2.24) is 15.1 Å². The average Bonchev–Trinajstić information content (AvgIpc) is 3.38. The zero-order valence-electron chi connectivity index (χ0n) is 16.4. The van der Waals surface area contributed by atoms with Crippen molar-refractivity contribution in [2.24, 2.45) is 28.7 Å². The summed E-state index contributed by atoms with van der Waals surface area (Å²) >= 11 is 0. The smallest absolute Gasteiger partial charge is 0.193 e. The molecule has 2 bridgehead atoms. The van der Waals surface area contributed by atoms with E-state index in [0.717, 1.165) is 75.6 Å². The van der Waals surface area contributed by atoms with E-state index >= 15 is 0 Å². The van der Waals surface area contributed by atoms with Gasteiger partial charge >= 0.3 is 0 Å². The SMILES string of the molecule is CN=C(NCCC1CC2CCC1C2)N1CCN(CC2CCOC2)CC1.I. The molecule has 2 saturated carbocycles. The van der Waals surface area contributed by atoms with Gasteiger partial charge in [0.2, 0.25) is 0 Å². The highest BCUT2D eigenvalue weighted by Crippen LogP contribution is 2.49. The van der Waals surface area contributed by atoms with Gasteiger partial charge in [-0.05, 0) is 55.8 Å². The summed E-state index contributed by atoms with van der Waals surface area (Å²) in [5, 5.41) is 3.65. The van der Waals surface area contributed by atoms with E-state index in [1.54, 1.807) is 0 Å². The van der Waals surface area contributed by atoms with Crippen LogP contribution in [0, 0.1) is 23.7 Å². The van der Waals surface area contributed by atoms with Crippen LogP contribution in [-0.2, 0) is 4.74 Å². The van der Waals surface area contributed by atoms with E-state index in [0.29, 0.717) is 0 Å². The summed E-state index contributed by atoms with van der Waals surface area (Å²) in [4.78, 5) is 9.60. The Kier molecular flexibility index (Phi) is 7.88. The monoisotopic (exact) mass is 476 g/mol. The predicted molar refractivity (Wildman–Crippen MR) is 117 cm³/mol. The molecule has 4 rings (SSSR count). The van der Waals surface area contributed by atoms with Gasteiger partial charge in [-0.15, -0.1) is 24.0 Å². The van der Waals surface area contributed by atoms with Gasteiger partial charge in [0.1, 0.15) is 0 Å². The molecule has 2 heterocycles. The fraction of sp³-hybridized carbons (Fsp3) is 0.950. The lowest BCUT2D eigenvalue weighted by Crippen LogP contribution is -2.53. The zero-order valence-corrected chi connectivity index (χ0v) is 18.7. The summed E-state index contributed by atoms with van der Waals surface area (Å²) in [6.07, 6.45) is 8.60. The number of nitrogens with zero attached hydrogens (tertiary/aromatic N) is 3. The molecule has 4 fully saturated rings. The summed E-state index contributed by atoms with van der Waals surface area (Å²) < 4.78 is 5.51. The minimum absolute atomic E-state index is 0. The Morgan fingerprint density at radius 1 is 1.12 bits per heavy atom. The van der Waals surface area contributed by atoms with Crippen LogP contribution in [0.5, 0.6) is 0 Å². The molecule has 2 saturated heterocycles. The Morgan fingerprint density at radius 3 is 2.58 bits per heavy atom. The molecule has 0 aromatic rings. The van der Waals surface area contributed by atoms with Crippen LogP contribution < -0.4 is 5.32 Å². The fourth-order valence-electron chi connectivity index (χ4n) is 5.67. The highest BCUT2D eigenvalue weighted by atomic mass is 127. The Hall–Kier alpha value is -0.0800. The summed E-state index contributed by atoms with van der Waals surface area (Å²) in [6, 6.07) is 0. The number of guanidine groups is 1. The molecule has 2 aliphatic heterocycles. The molecule has 0 aromatic carbocycles. The number of aliphatic imine (C=N–C) groups is 1. The van der Waals surface area contributed by atoms with Crippen LogP contribution in [0.1, 0.15) is 38.5 Å². The number of fused-ring (bicyclic) bond motifs is 2. The predicted octanol–water partition coefficient (Wildman–Crippen LogP) is 2.66. The number of nitrogens with one attached hydrogen (secondary N) is 1. The highest BCUT2D eigenvalue weighted by Gasteiger charge is 2.38. The molecule has 0 amide bonds. The Bertz CT molecular complexity index is 461. The van der Waals surface area contributed by atoms with Gasteiger partial charge < -0.3 is 15.0 Å². The third-order valence-electron chi connectivity index (χ3n) is 7.11. The van der Waals surface area contributed by atoms with Crippen molar-refractivity contribution >= 4 is 29.9 Å². The van der Waals surface area contributed by atoms with Crippen LogP contribution in [0.25, 0.3) is 0 Å². The molecule has 0 aromatic heterocycles. The lowest BCUT2D eigenvalue weighted by Gasteiger charge is -2.37.